The van der Waals surface area contributed by atoms with Crippen LogP contribution in [0.25, 0.3) is 11.4 Å². The third-order valence-electron chi connectivity index (χ3n) is 3.71. The van der Waals surface area contributed by atoms with Gasteiger partial charge in [0.25, 0.3) is 0 Å². The maximum atomic E-state index is 12.4. The van der Waals surface area contributed by atoms with E-state index in [1.165, 1.54) is 0 Å². The number of rotatable bonds is 2. The highest BCUT2D eigenvalue weighted by Crippen LogP contribution is 2.31. The summed E-state index contributed by atoms with van der Waals surface area (Å²) in [6, 6.07) is 5.79. The number of amides is 1. The van der Waals surface area contributed by atoms with Gasteiger partial charge in [0.15, 0.2) is 0 Å². The first-order valence-electron chi connectivity index (χ1n) is 8.04. The van der Waals surface area contributed by atoms with Crippen LogP contribution in [0.2, 0.25) is 0 Å². The van der Waals surface area contributed by atoms with Gasteiger partial charge >= 0.3 is 6.09 Å². The molecule has 7 nitrogen and oxygen atoms in total. The first kappa shape index (κ1) is 16.4. The molecule has 2 N–H and O–H groups in total. The van der Waals surface area contributed by atoms with E-state index >= 15 is 0 Å². The van der Waals surface area contributed by atoms with Crippen molar-refractivity contribution in [1.29, 1.82) is 0 Å². The highest BCUT2D eigenvalue weighted by atomic mass is 16.6. The van der Waals surface area contributed by atoms with E-state index < -0.39 is 5.60 Å². The van der Waals surface area contributed by atoms with Gasteiger partial charge < -0.3 is 15.0 Å². The quantitative estimate of drug-likeness (QED) is 0.910. The van der Waals surface area contributed by atoms with Gasteiger partial charge in [0.05, 0.1) is 12.2 Å². The van der Waals surface area contributed by atoms with E-state index in [1.54, 1.807) is 4.90 Å². The van der Waals surface area contributed by atoms with Crippen LogP contribution in [0.3, 0.4) is 0 Å². The fourth-order valence-corrected chi connectivity index (χ4v) is 2.70. The predicted octanol–water partition coefficient (Wildman–Crippen LogP) is 2.88. The summed E-state index contributed by atoms with van der Waals surface area (Å²) in [6.45, 7) is 6.46. The SMILES string of the molecule is CC(C)(C)OC(=O)N1CCCc2cc(-c3noc(CN)n3)ccc21. The third-order valence-corrected chi connectivity index (χ3v) is 3.71. The zero-order chi connectivity index (χ0) is 17.3. The number of benzene rings is 1. The fraction of sp³-hybridized carbons (Fsp3) is 0.471. The lowest BCUT2D eigenvalue weighted by Gasteiger charge is -2.31. The first-order chi connectivity index (χ1) is 11.4. The van der Waals surface area contributed by atoms with E-state index in [0.717, 1.165) is 29.7 Å². The highest BCUT2D eigenvalue weighted by molar-refractivity contribution is 5.90. The molecule has 0 bridgehead atoms. The minimum absolute atomic E-state index is 0.213. The van der Waals surface area contributed by atoms with Crippen molar-refractivity contribution >= 4 is 11.8 Å². The molecule has 0 fully saturated rings. The summed E-state index contributed by atoms with van der Waals surface area (Å²) in [5.74, 6) is 0.908. The molecule has 128 valence electrons. The van der Waals surface area contributed by atoms with Gasteiger partial charge in [-0.3, -0.25) is 4.90 Å². The molecule has 7 heteroatoms. The second-order valence-corrected chi connectivity index (χ2v) is 6.79. The summed E-state index contributed by atoms with van der Waals surface area (Å²) in [6.07, 6.45) is 1.46. The number of anilines is 1. The molecule has 1 aromatic carbocycles. The van der Waals surface area contributed by atoms with E-state index in [-0.39, 0.29) is 12.6 Å². The monoisotopic (exact) mass is 330 g/mol. The number of nitrogens with two attached hydrogens (primary N) is 1. The number of hydrogen-bond donors (Lipinski definition) is 1. The van der Waals surface area contributed by atoms with Gasteiger partial charge in [0.1, 0.15) is 5.60 Å². The molecule has 0 spiro atoms. The minimum atomic E-state index is -0.516. The van der Waals surface area contributed by atoms with Crippen LogP contribution in [0.5, 0.6) is 0 Å². The lowest BCUT2D eigenvalue weighted by Crippen LogP contribution is -2.39. The summed E-state index contributed by atoms with van der Waals surface area (Å²) >= 11 is 0. The Morgan fingerprint density at radius 3 is 2.88 bits per heavy atom. The van der Waals surface area contributed by atoms with Gasteiger partial charge in [-0.05, 0) is 57.4 Å². The van der Waals surface area contributed by atoms with Crippen LogP contribution in [0.4, 0.5) is 10.5 Å². The van der Waals surface area contributed by atoms with Crippen molar-refractivity contribution in [1.82, 2.24) is 10.1 Å². The normalized spacial score (nSPS) is 14.4. The molecule has 0 atom stereocenters. The van der Waals surface area contributed by atoms with Gasteiger partial charge in [-0.2, -0.15) is 4.98 Å². The Labute approximate surface area is 140 Å². The van der Waals surface area contributed by atoms with E-state index in [2.05, 4.69) is 10.1 Å². The Balaban J connectivity index is 1.88. The number of fused-ring (bicyclic) bond motifs is 1. The molecule has 1 aliphatic rings. The number of ether oxygens (including phenoxy) is 1. The van der Waals surface area contributed by atoms with E-state index in [1.807, 2.05) is 39.0 Å². The Kier molecular flexibility index (Phi) is 4.28. The van der Waals surface area contributed by atoms with Crippen molar-refractivity contribution < 1.29 is 14.1 Å². The summed E-state index contributed by atoms with van der Waals surface area (Å²) in [7, 11) is 0. The maximum Gasteiger partial charge on any atom is 0.414 e. The van der Waals surface area contributed by atoms with E-state index in [9.17, 15) is 4.79 Å². The van der Waals surface area contributed by atoms with Crippen LogP contribution in [-0.4, -0.2) is 28.4 Å². The molecule has 2 aromatic rings. The Bertz CT molecular complexity index is 749. The molecule has 0 saturated heterocycles. The number of aryl methyl sites for hydroxylation is 1. The molecule has 1 aromatic heterocycles. The minimum Gasteiger partial charge on any atom is -0.443 e. The van der Waals surface area contributed by atoms with Crippen molar-refractivity contribution in [2.75, 3.05) is 11.4 Å². The van der Waals surface area contributed by atoms with Crippen molar-refractivity contribution in [3.63, 3.8) is 0 Å². The van der Waals surface area contributed by atoms with Gasteiger partial charge in [-0.25, -0.2) is 4.79 Å². The topological polar surface area (TPSA) is 94.5 Å². The standard InChI is InChI=1S/C17H22N4O3/c1-17(2,3)23-16(22)21-8-4-5-11-9-12(6-7-13(11)21)15-19-14(10-18)24-20-15/h6-7,9H,4-5,8,10,18H2,1-3H3. The zero-order valence-corrected chi connectivity index (χ0v) is 14.2. The van der Waals surface area contributed by atoms with E-state index in [4.69, 9.17) is 15.0 Å². The lowest BCUT2D eigenvalue weighted by molar-refractivity contribution is 0.0578. The number of nitrogens with zero attached hydrogens (tertiary/aromatic N) is 3. The summed E-state index contributed by atoms with van der Waals surface area (Å²) in [4.78, 5) is 18.4. The van der Waals surface area contributed by atoms with Crippen molar-refractivity contribution in [3.05, 3.63) is 29.7 Å². The Morgan fingerprint density at radius 1 is 1.42 bits per heavy atom. The summed E-state index contributed by atoms with van der Waals surface area (Å²) < 4.78 is 10.6. The Morgan fingerprint density at radius 2 is 2.21 bits per heavy atom. The molecule has 24 heavy (non-hydrogen) atoms. The molecular weight excluding hydrogens is 308 g/mol. The van der Waals surface area contributed by atoms with Crippen LogP contribution in [0.15, 0.2) is 22.7 Å². The number of carbonyl (C=O) groups excluding carboxylic acids is 1. The average Bonchev–Trinajstić information content (AvgIpc) is 3.01. The van der Waals surface area contributed by atoms with Crippen molar-refractivity contribution in [2.24, 2.45) is 5.73 Å². The number of carbonyl (C=O) groups is 1. The molecule has 1 aliphatic heterocycles. The van der Waals surface area contributed by atoms with Crippen LogP contribution in [0.1, 0.15) is 38.6 Å². The van der Waals surface area contributed by atoms with Gasteiger partial charge in [0.2, 0.25) is 11.7 Å². The van der Waals surface area contributed by atoms with Gasteiger partial charge in [-0.1, -0.05) is 5.16 Å². The van der Waals surface area contributed by atoms with Crippen molar-refractivity contribution in [3.8, 4) is 11.4 Å². The van der Waals surface area contributed by atoms with Crippen LogP contribution < -0.4 is 10.6 Å². The largest absolute Gasteiger partial charge is 0.443 e. The highest BCUT2D eigenvalue weighted by Gasteiger charge is 2.27. The first-order valence-corrected chi connectivity index (χ1v) is 8.04. The zero-order valence-electron chi connectivity index (χ0n) is 14.2. The second kappa shape index (κ2) is 6.24. The number of aromatic nitrogens is 2. The molecule has 2 heterocycles. The fourth-order valence-electron chi connectivity index (χ4n) is 2.70. The maximum absolute atomic E-state index is 12.4. The molecular formula is C17H22N4O3. The molecule has 1 amide bonds. The average molecular weight is 330 g/mol. The van der Waals surface area contributed by atoms with Crippen LogP contribution in [0, 0.1) is 0 Å². The molecule has 0 radical (unpaired) electrons. The molecule has 3 rings (SSSR count). The van der Waals surface area contributed by atoms with E-state index in [0.29, 0.717) is 18.3 Å². The van der Waals surface area contributed by atoms with Gasteiger partial charge in [-0.15, -0.1) is 0 Å². The predicted molar refractivity (Wildman–Crippen MR) is 89.5 cm³/mol. The smallest absolute Gasteiger partial charge is 0.414 e. The molecule has 0 unspecified atom stereocenters. The third kappa shape index (κ3) is 3.41. The second-order valence-electron chi connectivity index (χ2n) is 6.79. The Hall–Kier alpha value is -2.41. The number of hydrogen-bond acceptors (Lipinski definition) is 6. The van der Waals surface area contributed by atoms with Crippen molar-refractivity contribution in [2.45, 2.75) is 45.8 Å². The van der Waals surface area contributed by atoms with Crippen LogP contribution >= 0.6 is 0 Å². The summed E-state index contributed by atoms with van der Waals surface area (Å²) in [5, 5.41) is 3.94. The summed E-state index contributed by atoms with van der Waals surface area (Å²) in [5.41, 5.74) is 7.78. The lowest BCUT2D eigenvalue weighted by atomic mass is 9.99. The molecule has 0 aliphatic carbocycles. The van der Waals surface area contributed by atoms with Gasteiger partial charge in [0, 0.05) is 12.1 Å². The van der Waals surface area contributed by atoms with Crippen LogP contribution in [-0.2, 0) is 17.7 Å². The molecule has 0 saturated carbocycles.